The Labute approximate surface area is 67.7 Å². The van der Waals surface area contributed by atoms with Crippen molar-refractivity contribution in [2.24, 2.45) is 5.92 Å². The van der Waals surface area contributed by atoms with Crippen LogP contribution in [-0.4, -0.2) is 27.7 Å². The van der Waals surface area contributed by atoms with Gasteiger partial charge in [-0.25, -0.2) is 0 Å². The number of hydrogen-bond acceptors (Lipinski definition) is 3. The van der Waals surface area contributed by atoms with Crippen molar-refractivity contribution in [3.05, 3.63) is 0 Å². The van der Waals surface area contributed by atoms with Gasteiger partial charge < -0.3 is 10.2 Å². The zero-order valence-electron chi connectivity index (χ0n) is 6.70. The van der Waals surface area contributed by atoms with Gasteiger partial charge in [0.2, 0.25) is 0 Å². The minimum Gasteiger partial charge on any atom is -0.396 e. The first-order valence-electron chi connectivity index (χ1n) is 3.41. The van der Waals surface area contributed by atoms with Gasteiger partial charge in [-0.1, -0.05) is 6.92 Å². The van der Waals surface area contributed by atoms with Crippen LogP contribution >= 0.6 is 12.6 Å². The molecule has 0 radical (unpaired) electrons. The van der Waals surface area contributed by atoms with Crippen molar-refractivity contribution in [3.8, 4) is 0 Å². The van der Waals surface area contributed by atoms with E-state index in [1.807, 2.05) is 13.8 Å². The Balaban J connectivity index is 3.94. The van der Waals surface area contributed by atoms with Gasteiger partial charge in [-0.3, -0.25) is 0 Å². The molecule has 0 aromatic carbocycles. The Morgan fingerprint density at radius 2 is 1.90 bits per heavy atom. The summed E-state index contributed by atoms with van der Waals surface area (Å²) in [6, 6.07) is 0. The first kappa shape index (κ1) is 10.3. The predicted molar refractivity (Wildman–Crippen MR) is 45.3 cm³/mol. The number of aliphatic hydroxyl groups excluding tert-OH is 2. The van der Waals surface area contributed by atoms with Gasteiger partial charge in [-0.15, -0.1) is 0 Å². The number of thiol groups is 1. The van der Waals surface area contributed by atoms with Crippen molar-refractivity contribution < 1.29 is 10.2 Å². The van der Waals surface area contributed by atoms with E-state index in [1.165, 1.54) is 0 Å². The lowest BCUT2D eigenvalue weighted by molar-refractivity contribution is 0.0556. The molecule has 3 heteroatoms. The molecule has 0 heterocycles. The van der Waals surface area contributed by atoms with Crippen LogP contribution in [0, 0.1) is 5.92 Å². The van der Waals surface area contributed by atoms with E-state index >= 15 is 0 Å². The number of aliphatic hydroxyl groups is 2. The van der Waals surface area contributed by atoms with Gasteiger partial charge in [0, 0.05) is 17.3 Å². The molecule has 0 spiro atoms. The Morgan fingerprint density at radius 1 is 1.50 bits per heavy atom. The molecule has 0 saturated carbocycles. The largest absolute Gasteiger partial charge is 0.396 e. The SMILES string of the molecule is C[C@@H](CO)[C@H](O)C(C)(C)S. The average molecular weight is 164 g/mol. The molecule has 0 aliphatic heterocycles. The fraction of sp³-hybridized carbons (Fsp3) is 1.00. The maximum Gasteiger partial charge on any atom is 0.0726 e. The topological polar surface area (TPSA) is 40.5 Å². The van der Waals surface area contributed by atoms with Crippen LogP contribution < -0.4 is 0 Å². The van der Waals surface area contributed by atoms with Gasteiger partial charge >= 0.3 is 0 Å². The molecule has 2 N–H and O–H groups in total. The molecule has 0 aromatic rings. The second-order valence-corrected chi connectivity index (χ2v) is 4.41. The summed E-state index contributed by atoms with van der Waals surface area (Å²) in [5.41, 5.74) is 0. The molecular formula is C7H16O2S. The average Bonchev–Trinajstić information content (AvgIpc) is 1.83. The molecule has 10 heavy (non-hydrogen) atoms. The lowest BCUT2D eigenvalue weighted by Gasteiger charge is -2.28. The number of rotatable bonds is 3. The second-order valence-electron chi connectivity index (χ2n) is 3.26. The highest BCUT2D eigenvalue weighted by Crippen LogP contribution is 2.22. The Morgan fingerprint density at radius 3 is 2.00 bits per heavy atom. The van der Waals surface area contributed by atoms with Gasteiger partial charge in [-0.2, -0.15) is 12.6 Å². The summed E-state index contributed by atoms with van der Waals surface area (Å²) in [5.74, 6) is -0.104. The Hall–Kier alpha value is 0.270. The van der Waals surface area contributed by atoms with Crippen molar-refractivity contribution in [3.63, 3.8) is 0 Å². The fourth-order valence-corrected chi connectivity index (χ4v) is 1.05. The summed E-state index contributed by atoms with van der Waals surface area (Å²) < 4.78 is -0.428. The van der Waals surface area contributed by atoms with Gasteiger partial charge in [0.05, 0.1) is 6.10 Å². The molecule has 0 aliphatic rings. The Bertz CT molecular complexity index is 98.3. The predicted octanol–water partition coefficient (Wildman–Crippen LogP) is 0.684. The standard InChI is InChI=1S/C7H16O2S/c1-5(4-8)6(9)7(2,3)10/h5-6,8-10H,4H2,1-3H3/t5-,6-/m0/s1. The summed E-state index contributed by atoms with van der Waals surface area (Å²) in [7, 11) is 0. The summed E-state index contributed by atoms with van der Waals surface area (Å²) in [6.45, 7) is 5.45. The highest BCUT2D eigenvalue weighted by atomic mass is 32.1. The minimum absolute atomic E-state index is 0.00512. The quantitative estimate of drug-likeness (QED) is 0.537. The molecule has 0 aromatic heterocycles. The van der Waals surface area contributed by atoms with E-state index in [2.05, 4.69) is 12.6 Å². The third-order valence-electron chi connectivity index (χ3n) is 1.55. The van der Waals surface area contributed by atoms with Crippen LogP contribution in [0.2, 0.25) is 0 Å². The highest BCUT2D eigenvalue weighted by molar-refractivity contribution is 7.81. The van der Waals surface area contributed by atoms with Crippen LogP contribution in [0.15, 0.2) is 0 Å². The van der Waals surface area contributed by atoms with E-state index in [0.717, 1.165) is 0 Å². The van der Waals surface area contributed by atoms with Crippen molar-refractivity contribution in [2.75, 3.05) is 6.61 Å². The molecule has 0 unspecified atom stereocenters. The summed E-state index contributed by atoms with van der Waals surface area (Å²) in [4.78, 5) is 0. The minimum atomic E-state index is -0.555. The van der Waals surface area contributed by atoms with Crippen LogP contribution in [-0.2, 0) is 0 Å². The van der Waals surface area contributed by atoms with Crippen LogP contribution in [0.4, 0.5) is 0 Å². The van der Waals surface area contributed by atoms with Crippen LogP contribution in [0.5, 0.6) is 0 Å². The van der Waals surface area contributed by atoms with Gasteiger partial charge in [-0.05, 0) is 13.8 Å². The van der Waals surface area contributed by atoms with E-state index < -0.39 is 10.9 Å². The zero-order chi connectivity index (χ0) is 8.36. The molecule has 0 aliphatic carbocycles. The van der Waals surface area contributed by atoms with E-state index in [9.17, 15) is 5.11 Å². The van der Waals surface area contributed by atoms with Crippen molar-refractivity contribution >= 4 is 12.6 Å². The molecule has 2 atom stereocenters. The molecule has 0 amide bonds. The normalized spacial score (nSPS) is 18.6. The van der Waals surface area contributed by atoms with Crippen molar-refractivity contribution in [1.29, 1.82) is 0 Å². The summed E-state index contributed by atoms with van der Waals surface area (Å²) in [5, 5.41) is 18.1. The van der Waals surface area contributed by atoms with Crippen molar-refractivity contribution in [1.82, 2.24) is 0 Å². The summed E-state index contributed by atoms with van der Waals surface area (Å²) >= 11 is 4.18. The maximum atomic E-state index is 9.42. The fourth-order valence-electron chi connectivity index (χ4n) is 0.796. The molecule has 0 rings (SSSR count). The van der Waals surface area contributed by atoms with Gasteiger partial charge in [0.25, 0.3) is 0 Å². The Kier molecular flexibility index (Phi) is 3.70. The second kappa shape index (κ2) is 3.60. The monoisotopic (exact) mass is 164 g/mol. The van der Waals surface area contributed by atoms with E-state index in [4.69, 9.17) is 5.11 Å². The van der Waals surface area contributed by atoms with Gasteiger partial charge in [0.15, 0.2) is 0 Å². The number of hydrogen-bond donors (Lipinski definition) is 3. The van der Waals surface area contributed by atoms with Crippen LogP contribution in [0.1, 0.15) is 20.8 Å². The third kappa shape index (κ3) is 2.90. The maximum absolute atomic E-state index is 9.42. The zero-order valence-corrected chi connectivity index (χ0v) is 7.60. The first-order valence-corrected chi connectivity index (χ1v) is 3.85. The molecule has 2 nitrogen and oxygen atoms in total. The molecule has 0 saturated heterocycles. The van der Waals surface area contributed by atoms with Crippen molar-refractivity contribution in [2.45, 2.75) is 31.6 Å². The highest BCUT2D eigenvalue weighted by Gasteiger charge is 2.27. The molecule has 62 valence electrons. The molecular weight excluding hydrogens is 148 g/mol. The van der Waals surface area contributed by atoms with E-state index in [1.54, 1.807) is 6.92 Å². The lowest BCUT2D eigenvalue weighted by atomic mass is 9.95. The smallest absolute Gasteiger partial charge is 0.0726 e. The first-order chi connectivity index (χ1) is 4.39. The lowest BCUT2D eigenvalue weighted by Crippen LogP contribution is -2.37. The van der Waals surface area contributed by atoms with Crippen LogP contribution in [0.25, 0.3) is 0 Å². The van der Waals surface area contributed by atoms with E-state index in [0.29, 0.717) is 0 Å². The summed E-state index contributed by atoms with van der Waals surface area (Å²) in [6.07, 6.45) is -0.555. The third-order valence-corrected chi connectivity index (χ3v) is 1.82. The van der Waals surface area contributed by atoms with Crippen LogP contribution in [0.3, 0.4) is 0 Å². The van der Waals surface area contributed by atoms with E-state index in [-0.39, 0.29) is 12.5 Å². The van der Waals surface area contributed by atoms with Gasteiger partial charge in [0.1, 0.15) is 0 Å². The molecule has 0 fully saturated rings. The molecule has 0 bridgehead atoms.